The third kappa shape index (κ3) is 3.29. The van der Waals surface area contributed by atoms with E-state index in [2.05, 4.69) is 0 Å². The number of benzene rings is 2. The van der Waals surface area contributed by atoms with Crippen LogP contribution in [0.15, 0.2) is 66.7 Å². The summed E-state index contributed by atoms with van der Waals surface area (Å²) in [6, 6.07) is 19.1. The number of hydrogen-bond acceptors (Lipinski definition) is 2. The minimum atomic E-state index is -0.687. The second-order valence-electron chi connectivity index (χ2n) is 4.20. The van der Waals surface area contributed by atoms with Crippen LogP contribution >= 0.6 is 0 Å². The molecule has 2 rings (SSSR count). The molecule has 0 saturated carbocycles. The van der Waals surface area contributed by atoms with E-state index >= 15 is 0 Å². The lowest BCUT2D eigenvalue weighted by Crippen LogP contribution is -2.24. The Balaban J connectivity index is 2.04. The van der Waals surface area contributed by atoms with Crippen molar-refractivity contribution in [3.05, 3.63) is 77.9 Å². The van der Waals surface area contributed by atoms with Crippen LogP contribution in [-0.2, 0) is 0 Å². The van der Waals surface area contributed by atoms with Crippen molar-refractivity contribution in [2.45, 2.75) is 12.1 Å². The van der Waals surface area contributed by atoms with Gasteiger partial charge in [-0.2, -0.15) is 0 Å². The quantitative estimate of drug-likeness (QED) is 0.861. The lowest BCUT2D eigenvalue weighted by Gasteiger charge is -2.15. The standard InChI is InChI=1S/C16H17NO/c17-16(14-9-5-2-6-10-14)15(18)12-11-13-7-3-1-4-8-13/h1-12,15-16,18H,17H2/b12-11+/t15-,16+/m0/s1. The monoisotopic (exact) mass is 239 g/mol. The molecule has 2 aromatic carbocycles. The van der Waals surface area contributed by atoms with Crippen LogP contribution in [0, 0.1) is 0 Å². The predicted molar refractivity (Wildman–Crippen MR) is 74.9 cm³/mol. The van der Waals surface area contributed by atoms with Gasteiger partial charge in [0.15, 0.2) is 0 Å². The summed E-state index contributed by atoms with van der Waals surface area (Å²) >= 11 is 0. The molecule has 0 saturated heterocycles. The largest absolute Gasteiger partial charge is 0.387 e. The van der Waals surface area contributed by atoms with Gasteiger partial charge in [-0.3, -0.25) is 0 Å². The highest BCUT2D eigenvalue weighted by Gasteiger charge is 2.12. The molecule has 0 aliphatic heterocycles. The SMILES string of the molecule is N[C@H](c1ccccc1)[C@@H](O)/C=C/c1ccccc1. The van der Waals surface area contributed by atoms with Gasteiger partial charge in [0.25, 0.3) is 0 Å². The van der Waals surface area contributed by atoms with Gasteiger partial charge >= 0.3 is 0 Å². The zero-order valence-electron chi connectivity index (χ0n) is 10.1. The zero-order chi connectivity index (χ0) is 12.8. The van der Waals surface area contributed by atoms with Gasteiger partial charge in [0.05, 0.1) is 12.1 Å². The molecule has 0 spiro atoms. The first-order valence-corrected chi connectivity index (χ1v) is 5.99. The Morgan fingerprint density at radius 1 is 0.889 bits per heavy atom. The molecule has 0 heterocycles. The molecule has 2 heteroatoms. The maximum absolute atomic E-state index is 10.0. The first kappa shape index (κ1) is 12.6. The number of rotatable bonds is 4. The van der Waals surface area contributed by atoms with Crippen LogP contribution in [0.3, 0.4) is 0 Å². The summed E-state index contributed by atoms with van der Waals surface area (Å²) in [7, 11) is 0. The summed E-state index contributed by atoms with van der Waals surface area (Å²) in [5, 5.41) is 10.0. The van der Waals surface area contributed by atoms with Crippen molar-refractivity contribution in [3.63, 3.8) is 0 Å². The number of aliphatic hydroxyl groups excluding tert-OH is 1. The minimum absolute atomic E-state index is 0.397. The van der Waals surface area contributed by atoms with Crippen molar-refractivity contribution in [1.82, 2.24) is 0 Å². The van der Waals surface area contributed by atoms with Crippen LogP contribution in [0.2, 0.25) is 0 Å². The molecule has 18 heavy (non-hydrogen) atoms. The molecular weight excluding hydrogens is 222 g/mol. The molecule has 0 aromatic heterocycles. The van der Waals surface area contributed by atoms with Crippen molar-refractivity contribution in [2.75, 3.05) is 0 Å². The number of hydrogen-bond donors (Lipinski definition) is 2. The zero-order valence-corrected chi connectivity index (χ0v) is 10.1. The van der Waals surface area contributed by atoms with Gasteiger partial charge in [0, 0.05) is 0 Å². The molecule has 0 radical (unpaired) electrons. The molecule has 92 valence electrons. The van der Waals surface area contributed by atoms with E-state index < -0.39 is 12.1 Å². The van der Waals surface area contributed by atoms with Crippen LogP contribution < -0.4 is 5.73 Å². The molecule has 2 aromatic rings. The highest BCUT2D eigenvalue weighted by atomic mass is 16.3. The molecule has 0 unspecified atom stereocenters. The number of aliphatic hydroxyl groups is 1. The van der Waals surface area contributed by atoms with Gasteiger partial charge in [0.1, 0.15) is 0 Å². The van der Waals surface area contributed by atoms with E-state index in [1.807, 2.05) is 66.7 Å². The fraction of sp³-hybridized carbons (Fsp3) is 0.125. The topological polar surface area (TPSA) is 46.2 Å². The Hall–Kier alpha value is -1.90. The second-order valence-corrected chi connectivity index (χ2v) is 4.20. The highest BCUT2D eigenvalue weighted by molar-refractivity contribution is 5.49. The normalized spacial score (nSPS) is 14.6. The van der Waals surface area contributed by atoms with E-state index in [9.17, 15) is 5.11 Å². The fourth-order valence-corrected chi connectivity index (χ4v) is 1.77. The Kier molecular flexibility index (Phi) is 4.29. The van der Waals surface area contributed by atoms with E-state index in [0.29, 0.717) is 0 Å². The summed E-state index contributed by atoms with van der Waals surface area (Å²) < 4.78 is 0. The van der Waals surface area contributed by atoms with Crippen LogP contribution in [0.4, 0.5) is 0 Å². The van der Waals surface area contributed by atoms with Gasteiger partial charge in [-0.25, -0.2) is 0 Å². The minimum Gasteiger partial charge on any atom is -0.387 e. The molecule has 0 fully saturated rings. The van der Waals surface area contributed by atoms with E-state index in [0.717, 1.165) is 11.1 Å². The number of nitrogens with two attached hydrogens (primary N) is 1. The van der Waals surface area contributed by atoms with Crippen LogP contribution in [-0.4, -0.2) is 11.2 Å². The van der Waals surface area contributed by atoms with E-state index in [1.165, 1.54) is 0 Å². The third-order valence-corrected chi connectivity index (χ3v) is 2.84. The van der Waals surface area contributed by atoms with Crippen LogP contribution in [0.25, 0.3) is 6.08 Å². The molecular formula is C16H17NO. The molecule has 0 aliphatic rings. The van der Waals surface area contributed by atoms with Crippen molar-refractivity contribution in [2.24, 2.45) is 5.73 Å². The summed E-state index contributed by atoms with van der Waals surface area (Å²) in [5.41, 5.74) is 7.99. The van der Waals surface area contributed by atoms with Gasteiger partial charge < -0.3 is 10.8 Å². The molecule has 0 amide bonds. The predicted octanol–water partition coefficient (Wildman–Crippen LogP) is 2.76. The Morgan fingerprint density at radius 3 is 2.06 bits per heavy atom. The summed E-state index contributed by atoms with van der Waals surface area (Å²) in [5.74, 6) is 0. The van der Waals surface area contributed by atoms with Gasteiger partial charge in [-0.15, -0.1) is 0 Å². The summed E-state index contributed by atoms with van der Waals surface area (Å²) in [4.78, 5) is 0. The third-order valence-electron chi connectivity index (χ3n) is 2.84. The molecule has 0 aliphatic carbocycles. The van der Waals surface area contributed by atoms with E-state index in [-0.39, 0.29) is 0 Å². The Bertz CT molecular complexity index is 493. The van der Waals surface area contributed by atoms with Gasteiger partial charge in [0.2, 0.25) is 0 Å². The van der Waals surface area contributed by atoms with E-state index in [1.54, 1.807) is 6.08 Å². The van der Waals surface area contributed by atoms with E-state index in [4.69, 9.17) is 5.73 Å². The first-order chi connectivity index (χ1) is 8.77. The average Bonchev–Trinajstić information content (AvgIpc) is 2.46. The Labute approximate surface area is 107 Å². The molecule has 2 nitrogen and oxygen atoms in total. The van der Waals surface area contributed by atoms with Gasteiger partial charge in [-0.05, 0) is 11.1 Å². The molecule has 0 bridgehead atoms. The summed E-state index contributed by atoms with van der Waals surface area (Å²) in [6.07, 6.45) is 2.92. The average molecular weight is 239 g/mol. The maximum atomic E-state index is 10.0. The van der Waals surface area contributed by atoms with Gasteiger partial charge in [-0.1, -0.05) is 72.8 Å². The first-order valence-electron chi connectivity index (χ1n) is 5.99. The van der Waals surface area contributed by atoms with Crippen LogP contribution in [0.5, 0.6) is 0 Å². The van der Waals surface area contributed by atoms with Crippen LogP contribution in [0.1, 0.15) is 17.2 Å². The molecule has 3 N–H and O–H groups in total. The summed E-state index contributed by atoms with van der Waals surface area (Å²) in [6.45, 7) is 0. The van der Waals surface area contributed by atoms with Crippen molar-refractivity contribution in [3.8, 4) is 0 Å². The Morgan fingerprint density at radius 2 is 1.44 bits per heavy atom. The fourth-order valence-electron chi connectivity index (χ4n) is 1.77. The van der Waals surface area contributed by atoms with Crippen molar-refractivity contribution < 1.29 is 5.11 Å². The maximum Gasteiger partial charge on any atom is 0.0916 e. The highest BCUT2D eigenvalue weighted by Crippen LogP contribution is 2.15. The smallest absolute Gasteiger partial charge is 0.0916 e. The lowest BCUT2D eigenvalue weighted by atomic mass is 10.0. The molecule has 2 atom stereocenters. The van der Waals surface area contributed by atoms with Crippen molar-refractivity contribution >= 4 is 6.08 Å². The second kappa shape index (κ2) is 6.15. The van der Waals surface area contributed by atoms with Crippen molar-refractivity contribution in [1.29, 1.82) is 0 Å². The lowest BCUT2D eigenvalue weighted by molar-refractivity contribution is 0.193.